The van der Waals surface area contributed by atoms with Crippen LogP contribution in [0.15, 0.2) is 0 Å². The van der Waals surface area contributed by atoms with Gasteiger partial charge in [-0.15, -0.1) is 11.6 Å². The molecule has 1 saturated heterocycles. The van der Waals surface area contributed by atoms with Crippen LogP contribution in [-0.4, -0.2) is 34.9 Å². The van der Waals surface area contributed by atoms with E-state index in [4.69, 9.17) is 11.6 Å². The number of alkyl halides is 1. The van der Waals surface area contributed by atoms with Gasteiger partial charge in [0.1, 0.15) is 0 Å². The molecule has 0 spiro atoms. The molecule has 10 heavy (non-hydrogen) atoms. The summed E-state index contributed by atoms with van der Waals surface area (Å²) in [5.74, 6) is 1.59. The third-order valence-electron chi connectivity index (χ3n) is 1.41. The summed E-state index contributed by atoms with van der Waals surface area (Å²) < 4.78 is 0. The van der Waals surface area contributed by atoms with E-state index in [1.807, 2.05) is 4.90 Å². The van der Waals surface area contributed by atoms with Gasteiger partial charge >= 0.3 is 0 Å². The molecule has 0 atom stereocenters. The second-order valence-corrected chi connectivity index (χ2v) is 3.57. The van der Waals surface area contributed by atoms with Gasteiger partial charge in [0.25, 0.3) is 5.24 Å². The minimum absolute atomic E-state index is 0.213. The van der Waals surface area contributed by atoms with E-state index in [1.165, 1.54) is 11.8 Å². The van der Waals surface area contributed by atoms with Crippen molar-refractivity contribution in [3.63, 3.8) is 0 Å². The van der Waals surface area contributed by atoms with Crippen molar-refractivity contribution in [2.75, 3.05) is 24.7 Å². The van der Waals surface area contributed by atoms with Crippen molar-refractivity contribution < 1.29 is 4.79 Å². The van der Waals surface area contributed by atoms with Gasteiger partial charge in [-0.05, 0) is 6.42 Å². The van der Waals surface area contributed by atoms with Crippen LogP contribution in [0.5, 0.6) is 0 Å². The minimum Gasteiger partial charge on any atom is -0.333 e. The van der Waals surface area contributed by atoms with Gasteiger partial charge in [0.05, 0.1) is 0 Å². The Hall–Kier alpha value is 0.110. The van der Waals surface area contributed by atoms with Crippen molar-refractivity contribution in [3.05, 3.63) is 0 Å². The number of thioether (sulfide) groups is 1. The van der Waals surface area contributed by atoms with Crippen molar-refractivity contribution in [1.82, 2.24) is 4.90 Å². The number of hydrogen-bond acceptors (Lipinski definition) is 2. The predicted molar refractivity (Wildman–Crippen MR) is 44.8 cm³/mol. The molecule has 0 N–H and O–H groups in total. The summed E-state index contributed by atoms with van der Waals surface area (Å²) in [6.07, 6.45) is 0.911. The van der Waals surface area contributed by atoms with Gasteiger partial charge in [-0.2, -0.15) is 0 Å². The van der Waals surface area contributed by atoms with E-state index in [2.05, 4.69) is 0 Å². The third-order valence-corrected chi connectivity index (χ3v) is 2.57. The van der Waals surface area contributed by atoms with Crippen molar-refractivity contribution in [2.45, 2.75) is 6.42 Å². The van der Waals surface area contributed by atoms with Crippen LogP contribution in [0.4, 0.5) is 4.79 Å². The van der Waals surface area contributed by atoms with Crippen LogP contribution in [0.2, 0.25) is 0 Å². The Labute approximate surface area is 69.9 Å². The summed E-state index contributed by atoms with van der Waals surface area (Å²) in [6.45, 7) is 1.73. The highest BCUT2D eigenvalue weighted by Crippen LogP contribution is 2.16. The molecular formula is C6H10ClNOS. The molecule has 2 nitrogen and oxygen atoms in total. The molecule has 1 aliphatic rings. The maximum atomic E-state index is 10.9. The summed E-state index contributed by atoms with van der Waals surface area (Å²) in [5, 5.41) is 0.213. The molecule has 0 unspecified atom stereocenters. The molecule has 1 amide bonds. The molecule has 58 valence electrons. The molecule has 4 heteroatoms. The lowest BCUT2D eigenvalue weighted by molar-refractivity contribution is 0.230. The van der Waals surface area contributed by atoms with Crippen molar-refractivity contribution in [1.29, 1.82) is 0 Å². The summed E-state index contributed by atoms with van der Waals surface area (Å²) in [4.78, 5) is 12.8. The van der Waals surface area contributed by atoms with Crippen LogP contribution < -0.4 is 0 Å². The molecule has 0 aromatic rings. The van der Waals surface area contributed by atoms with Crippen molar-refractivity contribution in [2.24, 2.45) is 0 Å². The van der Waals surface area contributed by atoms with Gasteiger partial charge in [-0.25, -0.2) is 0 Å². The van der Waals surface area contributed by atoms with Gasteiger partial charge in [-0.1, -0.05) is 11.8 Å². The third kappa shape index (κ3) is 2.06. The van der Waals surface area contributed by atoms with Crippen LogP contribution in [0.3, 0.4) is 0 Å². The number of halogens is 1. The first kappa shape index (κ1) is 8.21. The fraction of sp³-hybridized carbons (Fsp3) is 0.833. The molecule has 0 aliphatic carbocycles. The number of rotatable bonds is 3. The normalized spacial score (nSPS) is 18.5. The van der Waals surface area contributed by atoms with E-state index in [9.17, 15) is 4.79 Å². The van der Waals surface area contributed by atoms with Gasteiger partial charge < -0.3 is 4.90 Å². The van der Waals surface area contributed by atoms with E-state index in [1.54, 1.807) is 0 Å². The van der Waals surface area contributed by atoms with Crippen LogP contribution >= 0.6 is 23.4 Å². The first-order valence-electron chi connectivity index (χ1n) is 3.32. The Balaban J connectivity index is 2.20. The lowest BCUT2D eigenvalue weighted by Crippen LogP contribution is -2.24. The Morgan fingerprint density at radius 2 is 2.50 bits per heavy atom. The Bertz CT molecular complexity index is 131. The van der Waals surface area contributed by atoms with E-state index in [0.29, 0.717) is 5.88 Å². The van der Waals surface area contributed by atoms with Gasteiger partial charge in [0, 0.05) is 24.7 Å². The molecule has 1 fully saturated rings. The molecule has 1 heterocycles. The lowest BCUT2D eigenvalue weighted by atomic mass is 10.4. The maximum Gasteiger partial charge on any atom is 0.281 e. The van der Waals surface area contributed by atoms with Gasteiger partial charge in [0.15, 0.2) is 0 Å². The Morgan fingerprint density at radius 3 is 3.00 bits per heavy atom. The number of carbonyl (C=O) groups is 1. The van der Waals surface area contributed by atoms with E-state index in [0.717, 1.165) is 25.3 Å². The van der Waals surface area contributed by atoms with E-state index < -0.39 is 0 Å². The fourth-order valence-corrected chi connectivity index (χ4v) is 1.85. The summed E-state index contributed by atoms with van der Waals surface area (Å²) in [6, 6.07) is 0. The Morgan fingerprint density at radius 1 is 1.70 bits per heavy atom. The smallest absolute Gasteiger partial charge is 0.281 e. The van der Waals surface area contributed by atoms with E-state index >= 15 is 0 Å². The second-order valence-electron chi connectivity index (χ2n) is 2.14. The monoisotopic (exact) mass is 179 g/mol. The topological polar surface area (TPSA) is 20.3 Å². The standard InChI is InChI=1S/C6H10ClNOS/c7-2-1-3-8-4-5-10-6(8)9/h1-5H2. The summed E-state index contributed by atoms with van der Waals surface area (Å²) >= 11 is 6.88. The molecule has 0 aromatic carbocycles. The highest BCUT2D eigenvalue weighted by Gasteiger charge is 2.19. The van der Waals surface area contributed by atoms with Crippen LogP contribution in [0.25, 0.3) is 0 Å². The number of carbonyl (C=O) groups excluding carboxylic acids is 1. The zero-order chi connectivity index (χ0) is 7.40. The molecule has 0 bridgehead atoms. The zero-order valence-corrected chi connectivity index (χ0v) is 7.25. The van der Waals surface area contributed by atoms with Gasteiger partial charge in [0.2, 0.25) is 0 Å². The zero-order valence-electron chi connectivity index (χ0n) is 5.68. The first-order valence-corrected chi connectivity index (χ1v) is 4.84. The van der Waals surface area contributed by atoms with Gasteiger partial charge in [-0.3, -0.25) is 4.79 Å². The first-order chi connectivity index (χ1) is 4.84. The van der Waals surface area contributed by atoms with Crippen LogP contribution in [0.1, 0.15) is 6.42 Å². The molecule has 0 radical (unpaired) electrons. The average molecular weight is 180 g/mol. The summed E-state index contributed by atoms with van der Waals surface area (Å²) in [5.41, 5.74) is 0. The predicted octanol–water partition coefficient (Wildman–Crippen LogP) is 1.78. The molecule has 1 aliphatic heterocycles. The minimum atomic E-state index is 0.213. The number of amides is 1. The van der Waals surface area contributed by atoms with Crippen LogP contribution in [-0.2, 0) is 0 Å². The maximum absolute atomic E-state index is 10.9. The largest absolute Gasteiger partial charge is 0.333 e. The summed E-state index contributed by atoms with van der Waals surface area (Å²) in [7, 11) is 0. The highest BCUT2D eigenvalue weighted by molar-refractivity contribution is 8.13. The number of nitrogens with zero attached hydrogens (tertiary/aromatic N) is 1. The van der Waals surface area contributed by atoms with E-state index in [-0.39, 0.29) is 5.24 Å². The highest BCUT2D eigenvalue weighted by atomic mass is 35.5. The average Bonchev–Trinajstić information content (AvgIpc) is 2.31. The SMILES string of the molecule is O=C1SCCN1CCCCl. The molecule has 0 saturated carbocycles. The molecule has 0 aromatic heterocycles. The second kappa shape index (κ2) is 4.09. The Kier molecular flexibility index (Phi) is 3.35. The molecule has 1 rings (SSSR count). The lowest BCUT2D eigenvalue weighted by Gasteiger charge is -2.12. The van der Waals surface area contributed by atoms with Crippen molar-refractivity contribution in [3.8, 4) is 0 Å². The van der Waals surface area contributed by atoms with Crippen molar-refractivity contribution >= 4 is 28.6 Å². The van der Waals surface area contributed by atoms with Crippen LogP contribution in [0, 0.1) is 0 Å². The number of hydrogen-bond donors (Lipinski definition) is 0. The quantitative estimate of drug-likeness (QED) is 0.616. The fourth-order valence-electron chi connectivity index (χ4n) is 0.879. The molecular weight excluding hydrogens is 170 g/mol.